The van der Waals surface area contributed by atoms with Gasteiger partial charge in [0.2, 0.25) is 0 Å². The highest BCUT2D eigenvalue weighted by atomic mass is 32.1. The second kappa shape index (κ2) is 7.23. The number of hydrogen-bond donors (Lipinski definition) is 1. The largest absolute Gasteiger partial charge is 0.466 e. The molecule has 0 aliphatic heterocycles. The van der Waals surface area contributed by atoms with E-state index in [0.717, 1.165) is 11.3 Å². The van der Waals surface area contributed by atoms with Crippen LogP contribution in [0.2, 0.25) is 0 Å². The Kier molecular flexibility index (Phi) is 5.32. The molecule has 0 aliphatic carbocycles. The molecule has 5 nitrogen and oxygen atoms in total. The van der Waals surface area contributed by atoms with Crippen LogP contribution in [0.25, 0.3) is 0 Å². The summed E-state index contributed by atoms with van der Waals surface area (Å²) in [5, 5.41) is 4.00. The van der Waals surface area contributed by atoms with Crippen molar-refractivity contribution in [2.75, 3.05) is 11.9 Å². The minimum absolute atomic E-state index is 0.0555. The van der Waals surface area contributed by atoms with Crippen molar-refractivity contribution in [3.05, 3.63) is 46.2 Å². The molecule has 9 heteroatoms. The molecule has 1 aromatic carbocycles. The van der Waals surface area contributed by atoms with Gasteiger partial charge in [0, 0.05) is 10.9 Å². The second-order valence-corrected chi connectivity index (χ2v) is 5.19. The molecule has 0 radical (unpaired) electrons. The Hall–Kier alpha value is -2.42. The molecule has 0 fully saturated rings. The van der Waals surface area contributed by atoms with Crippen LogP contribution in [0, 0.1) is 17.5 Å². The number of amides is 1. The third-order valence-corrected chi connectivity index (χ3v) is 3.46. The first-order valence-electron chi connectivity index (χ1n) is 6.46. The Balaban J connectivity index is 2.06. The zero-order chi connectivity index (χ0) is 17.0. The number of esters is 1. The lowest BCUT2D eigenvalue weighted by Crippen LogP contribution is -2.13. The number of nitrogens with zero attached hydrogens (tertiary/aromatic N) is 1. The van der Waals surface area contributed by atoms with E-state index in [1.165, 1.54) is 0 Å². The van der Waals surface area contributed by atoms with Gasteiger partial charge in [-0.05, 0) is 19.1 Å². The molecule has 23 heavy (non-hydrogen) atoms. The fourth-order valence-corrected chi connectivity index (χ4v) is 2.37. The number of rotatable bonds is 5. The van der Waals surface area contributed by atoms with Gasteiger partial charge < -0.3 is 4.74 Å². The normalized spacial score (nSPS) is 10.4. The number of carbonyl (C=O) groups is 2. The summed E-state index contributed by atoms with van der Waals surface area (Å²) in [6.07, 6.45) is -0.0555. The predicted octanol–water partition coefficient (Wildman–Crippen LogP) is 2.92. The van der Waals surface area contributed by atoms with Crippen LogP contribution in [0.1, 0.15) is 23.0 Å². The predicted molar refractivity (Wildman–Crippen MR) is 76.7 cm³/mol. The van der Waals surface area contributed by atoms with E-state index in [1.807, 2.05) is 0 Å². The number of anilines is 1. The minimum atomic E-state index is -1.65. The van der Waals surface area contributed by atoms with E-state index in [4.69, 9.17) is 4.74 Å². The van der Waals surface area contributed by atoms with Crippen LogP contribution in [0.3, 0.4) is 0 Å². The average Bonchev–Trinajstić information content (AvgIpc) is 2.91. The van der Waals surface area contributed by atoms with E-state index in [-0.39, 0.29) is 23.7 Å². The molecule has 2 rings (SSSR count). The molecular weight excluding hydrogens is 333 g/mol. The lowest BCUT2D eigenvalue weighted by molar-refractivity contribution is -0.142. The van der Waals surface area contributed by atoms with Crippen molar-refractivity contribution in [3.8, 4) is 0 Å². The molecule has 0 bridgehead atoms. The van der Waals surface area contributed by atoms with E-state index in [1.54, 1.807) is 12.3 Å². The molecule has 1 aromatic heterocycles. The van der Waals surface area contributed by atoms with Crippen molar-refractivity contribution in [3.63, 3.8) is 0 Å². The number of thiazole rings is 1. The number of benzene rings is 1. The van der Waals surface area contributed by atoms with E-state index in [9.17, 15) is 22.8 Å². The Labute approximate surface area is 133 Å². The Morgan fingerprint density at radius 3 is 2.52 bits per heavy atom. The maximum absolute atomic E-state index is 13.1. The Morgan fingerprint density at radius 1 is 1.26 bits per heavy atom. The summed E-state index contributed by atoms with van der Waals surface area (Å²) in [4.78, 5) is 27.2. The van der Waals surface area contributed by atoms with Crippen molar-refractivity contribution in [2.24, 2.45) is 0 Å². The maximum Gasteiger partial charge on any atom is 0.311 e. The van der Waals surface area contributed by atoms with E-state index < -0.39 is 29.3 Å². The Bertz CT molecular complexity index is 726. The number of nitrogens with one attached hydrogen (secondary N) is 1. The lowest BCUT2D eigenvalue weighted by atomic mass is 10.2. The molecule has 0 spiro atoms. The first-order valence-corrected chi connectivity index (χ1v) is 7.34. The SMILES string of the molecule is CCOC(=O)Cc1csc(NC(=O)c2cc(F)c(F)c(F)c2)n1. The van der Waals surface area contributed by atoms with Gasteiger partial charge in [-0.1, -0.05) is 0 Å². The van der Waals surface area contributed by atoms with Crippen LogP contribution in [0.15, 0.2) is 17.5 Å². The van der Waals surface area contributed by atoms with Gasteiger partial charge in [-0.25, -0.2) is 18.2 Å². The molecule has 1 heterocycles. The number of carbonyl (C=O) groups excluding carboxylic acids is 2. The van der Waals surface area contributed by atoms with Crippen LogP contribution in [-0.2, 0) is 16.0 Å². The molecule has 0 atom stereocenters. The average molecular weight is 344 g/mol. The summed E-state index contributed by atoms with van der Waals surface area (Å²) in [6.45, 7) is 1.92. The van der Waals surface area contributed by atoms with Gasteiger partial charge in [0.15, 0.2) is 22.6 Å². The number of halogens is 3. The zero-order valence-electron chi connectivity index (χ0n) is 11.9. The van der Waals surface area contributed by atoms with E-state index in [0.29, 0.717) is 17.8 Å². The quantitative estimate of drug-likeness (QED) is 0.669. The number of ether oxygens (including phenoxy) is 1. The first-order chi connectivity index (χ1) is 10.9. The lowest BCUT2D eigenvalue weighted by Gasteiger charge is -2.03. The molecule has 0 unspecified atom stereocenters. The van der Waals surface area contributed by atoms with Crippen LogP contribution < -0.4 is 5.32 Å². The third-order valence-electron chi connectivity index (χ3n) is 2.65. The van der Waals surface area contributed by atoms with Crippen molar-refractivity contribution < 1.29 is 27.5 Å². The van der Waals surface area contributed by atoms with Gasteiger partial charge in [0.1, 0.15) is 0 Å². The first kappa shape index (κ1) is 16.9. The molecule has 1 N–H and O–H groups in total. The number of aromatic nitrogens is 1. The topological polar surface area (TPSA) is 68.3 Å². The van der Waals surface area contributed by atoms with Gasteiger partial charge in [-0.3, -0.25) is 14.9 Å². The molecule has 0 saturated heterocycles. The standard InChI is InChI=1S/C14H11F3N2O3S/c1-2-22-11(20)5-8-6-23-14(18-8)19-13(21)7-3-9(15)12(17)10(16)4-7/h3-4,6H,2,5H2,1H3,(H,18,19,21). The third kappa shape index (κ3) is 4.28. The summed E-state index contributed by atoms with van der Waals surface area (Å²) in [5.74, 6) is -5.87. The van der Waals surface area contributed by atoms with Crippen LogP contribution in [-0.4, -0.2) is 23.5 Å². The zero-order valence-corrected chi connectivity index (χ0v) is 12.7. The Morgan fingerprint density at radius 2 is 1.91 bits per heavy atom. The highest BCUT2D eigenvalue weighted by molar-refractivity contribution is 7.14. The van der Waals surface area contributed by atoms with Gasteiger partial charge in [0.05, 0.1) is 18.7 Å². The molecule has 2 aromatic rings. The van der Waals surface area contributed by atoms with E-state index >= 15 is 0 Å². The van der Waals surface area contributed by atoms with Crippen molar-refractivity contribution >= 4 is 28.3 Å². The molecule has 122 valence electrons. The molecular formula is C14H11F3N2O3S. The van der Waals surface area contributed by atoms with Gasteiger partial charge in [-0.15, -0.1) is 11.3 Å². The smallest absolute Gasteiger partial charge is 0.311 e. The van der Waals surface area contributed by atoms with Crippen LogP contribution in [0.4, 0.5) is 18.3 Å². The van der Waals surface area contributed by atoms with Crippen molar-refractivity contribution in [1.29, 1.82) is 0 Å². The van der Waals surface area contributed by atoms with Crippen molar-refractivity contribution in [2.45, 2.75) is 13.3 Å². The fraction of sp³-hybridized carbons (Fsp3) is 0.214. The van der Waals surface area contributed by atoms with Gasteiger partial charge >= 0.3 is 5.97 Å². The summed E-state index contributed by atoms with van der Waals surface area (Å²) in [5.41, 5.74) is 0.00348. The monoisotopic (exact) mass is 344 g/mol. The maximum atomic E-state index is 13.1. The highest BCUT2D eigenvalue weighted by Crippen LogP contribution is 2.19. The highest BCUT2D eigenvalue weighted by Gasteiger charge is 2.16. The second-order valence-electron chi connectivity index (χ2n) is 4.33. The summed E-state index contributed by atoms with van der Waals surface area (Å²) in [7, 11) is 0. The van der Waals surface area contributed by atoms with Crippen molar-refractivity contribution in [1.82, 2.24) is 4.98 Å². The minimum Gasteiger partial charge on any atom is -0.466 e. The van der Waals surface area contributed by atoms with Gasteiger partial charge in [-0.2, -0.15) is 0 Å². The summed E-state index contributed by atoms with van der Waals surface area (Å²) in [6, 6.07) is 1.17. The fourth-order valence-electron chi connectivity index (χ4n) is 1.66. The molecule has 0 aliphatic rings. The van der Waals surface area contributed by atoms with Crippen LogP contribution in [0.5, 0.6) is 0 Å². The molecule has 1 amide bonds. The summed E-state index contributed by atoms with van der Waals surface area (Å²) < 4.78 is 43.8. The molecule has 0 saturated carbocycles. The number of hydrogen-bond acceptors (Lipinski definition) is 5. The van der Waals surface area contributed by atoms with Crippen LogP contribution >= 0.6 is 11.3 Å². The van der Waals surface area contributed by atoms with Gasteiger partial charge in [0.25, 0.3) is 5.91 Å². The summed E-state index contributed by atoms with van der Waals surface area (Å²) >= 11 is 1.03. The van der Waals surface area contributed by atoms with E-state index in [2.05, 4.69) is 10.3 Å².